The number of carbonyl (C=O) groups is 2. The van der Waals surface area contributed by atoms with Crippen LogP contribution in [0.5, 0.6) is 0 Å². The first-order valence-corrected chi connectivity index (χ1v) is 10.1. The van der Waals surface area contributed by atoms with Gasteiger partial charge >= 0.3 is 4.87 Å². The summed E-state index contributed by atoms with van der Waals surface area (Å²) >= 11 is 10.4. The molecule has 3 rings (SSSR count). The highest BCUT2D eigenvalue weighted by Gasteiger charge is 2.12. The number of amides is 1. The van der Waals surface area contributed by atoms with Crippen molar-refractivity contribution in [3.8, 4) is 0 Å². The number of hydrogen-bond acceptors (Lipinski definition) is 6. The Kier molecular flexibility index (Phi) is 6.63. The van der Waals surface area contributed by atoms with Crippen molar-refractivity contribution in [2.75, 3.05) is 0 Å². The van der Waals surface area contributed by atoms with E-state index in [9.17, 15) is 19.5 Å². The topological polar surface area (TPSA) is 104 Å². The molecule has 0 spiro atoms. The third-order valence-electron chi connectivity index (χ3n) is 3.82. The fourth-order valence-corrected chi connectivity index (χ4v) is 3.78. The van der Waals surface area contributed by atoms with E-state index in [0.29, 0.717) is 16.0 Å². The zero-order valence-electron chi connectivity index (χ0n) is 14.6. The first-order chi connectivity index (χ1) is 13.8. The second-order valence-corrected chi connectivity index (χ2v) is 8.07. The second-order valence-electron chi connectivity index (χ2n) is 5.80. The number of thiazole rings is 1. The van der Waals surface area contributed by atoms with Crippen molar-refractivity contribution in [3.05, 3.63) is 89.4 Å². The highest BCUT2D eigenvalue weighted by molar-refractivity contribution is 9.10. The number of hydrogen-bond donors (Lipinski definition) is 1. The van der Waals surface area contributed by atoms with Gasteiger partial charge in [0.2, 0.25) is 0 Å². The number of carboxylic acid groups (broad SMARTS) is 1. The van der Waals surface area contributed by atoms with Gasteiger partial charge in [0.15, 0.2) is 0 Å². The predicted molar refractivity (Wildman–Crippen MR) is 113 cm³/mol. The van der Waals surface area contributed by atoms with Gasteiger partial charge in [-0.3, -0.25) is 14.2 Å². The van der Waals surface area contributed by atoms with Crippen molar-refractivity contribution in [2.45, 2.75) is 6.54 Å². The molecule has 0 aliphatic heterocycles. The van der Waals surface area contributed by atoms with Crippen LogP contribution in [0.25, 0.3) is 0 Å². The van der Waals surface area contributed by atoms with Crippen LogP contribution in [0, 0.1) is 0 Å². The largest absolute Gasteiger partial charge is 0.545 e. The summed E-state index contributed by atoms with van der Waals surface area (Å²) in [7, 11) is 0. The molecule has 7 nitrogen and oxygen atoms in total. The van der Waals surface area contributed by atoms with Crippen molar-refractivity contribution >= 4 is 57.0 Å². The molecule has 0 aliphatic carbocycles. The van der Waals surface area contributed by atoms with E-state index in [2.05, 4.69) is 26.5 Å². The lowest BCUT2D eigenvalue weighted by Crippen LogP contribution is -2.22. The molecule has 0 unspecified atom stereocenters. The Morgan fingerprint density at radius 3 is 2.62 bits per heavy atom. The number of rotatable bonds is 6. The molecule has 1 aromatic heterocycles. The van der Waals surface area contributed by atoms with Crippen LogP contribution in [-0.4, -0.2) is 22.7 Å². The molecule has 29 heavy (non-hydrogen) atoms. The number of nitrogens with one attached hydrogen (secondary N) is 1. The van der Waals surface area contributed by atoms with Gasteiger partial charge in [-0.2, -0.15) is 5.10 Å². The van der Waals surface area contributed by atoms with Crippen LogP contribution >= 0.6 is 38.9 Å². The van der Waals surface area contributed by atoms with Crippen LogP contribution < -0.4 is 15.4 Å². The van der Waals surface area contributed by atoms with Gasteiger partial charge in [0.05, 0.1) is 23.6 Å². The third-order valence-corrected chi connectivity index (χ3v) is 5.78. The molecule has 10 heteroatoms. The highest BCUT2D eigenvalue weighted by Crippen LogP contribution is 2.18. The third kappa shape index (κ3) is 5.20. The zero-order valence-corrected chi connectivity index (χ0v) is 17.8. The van der Waals surface area contributed by atoms with Crippen molar-refractivity contribution < 1.29 is 14.7 Å². The zero-order chi connectivity index (χ0) is 21.0. The Morgan fingerprint density at radius 1 is 1.21 bits per heavy atom. The molecule has 1 heterocycles. The van der Waals surface area contributed by atoms with Crippen molar-refractivity contribution in [2.24, 2.45) is 5.10 Å². The van der Waals surface area contributed by atoms with E-state index in [1.54, 1.807) is 36.4 Å². The number of aromatic nitrogens is 1. The van der Waals surface area contributed by atoms with E-state index in [-0.39, 0.29) is 22.1 Å². The molecule has 0 bridgehead atoms. The molecule has 0 fully saturated rings. The second kappa shape index (κ2) is 9.17. The Balaban J connectivity index is 1.73. The smallest absolute Gasteiger partial charge is 0.309 e. The highest BCUT2D eigenvalue weighted by atomic mass is 79.9. The Hall–Kier alpha value is -2.75. The van der Waals surface area contributed by atoms with Crippen molar-refractivity contribution in [1.82, 2.24) is 9.99 Å². The van der Waals surface area contributed by atoms with Gasteiger partial charge in [0.25, 0.3) is 5.91 Å². The summed E-state index contributed by atoms with van der Waals surface area (Å²) in [6.07, 6.45) is 1.29. The summed E-state index contributed by atoms with van der Waals surface area (Å²) in [4.78, 5) is 35.3. The fraction of sp³-hybridized carbons (Fsp3) is 0.0526. The molecule has 0 aliphatic rings. The standard InChI is InChI=1S/C19H13BrClN3O4S/c20-14-6-4-12(5-7-14)17(25)23-22-9-15-16(21)24(19(28)29-15)10-11-2-1-3-13(8-11)18(26)27/h1-9H,10H2,(H,23,25)(H,26,27)/p-1/b22-9-. The van der Waals surface area contributed by atoms with Crippen LogP contribution in [-0.2, 0) is 6.54 Å². The lowest BCUT2D eigenvalue weighted by Gasteiger charge is -2.07. The number of nitrogens with zero attached hydrogens (tertiary/aromatic N) is 2. The lowest BCUT2D eigenvalue weighted by molar-refractivity contribution is -0.255. The summed E-state index contributed by atoms with van der Waals surface area (Å²) in [6.45, 7) is 0.0916. The van der Waals surface area contributed by atoms with E-state index in [1.165, 1.54) is 22.9 Å². The summed E-state index contributed by atoms with van der Waals surface area (Å²) in [5.74, 6) is -1.71. The minimum Gasteiger partial charge on any atom is -0.545 e. The van der Waals surface area contributed by atoms with Gasteiger partial charge in [-0.25, -0.2) is 5.43 Å². The van der Waals surface area contributed by atoms with Crippen LogP contribution in [0.1, 0.15) is 31.2 Å². The van der Waals surface area contributed by atoms with Crippen molar-refractivity contribution in [1.29, 1.82) is 0 Å². The van der Waals surface area contributed by atoms with Gasteiger partial charge in [0, 0.05) is 10.0 Å². The van der Waals surface area contributed by atoms with E-state index in [0.717, 1.165) is 15.8 Å². The summed E-state index contributed by atoms with van der Waals surface area (Å²) in [5, 5.41) is 15.0. The van der Waals surface area contributed by atoms with Gasteiger partial charge in [-0.05, 0) is 41.5 Å². The normalized spacial score (nSPS) is 11.0. The van der Waals surface area contributed by atoms with Gasteiger partial charge in [-0.15, -0.1) is 0 Å². The monoisotopic (exact) mass is 492 g/mol. The number of aromatic carboxylic acids is 1. The number of hydrazone groups is 1. The fourth-order valence-electron chi connectivity index (χ4n) is 2.41. The molecule has 1 amide bonds. The summed E-state index contributed by atoms with van der Waals surface area (Å²) in [5.41, 5.74) is 3.40. The molecule has 3 aromatic rings. The number of carboxylic acids is 1. The predicted octanol–water partition coefficient (Wildman–Crippen LogP) is 2.50. The van der Waals surface area contributed by atoms with Crippen LogP contribution in [0.15, 0.2) is 62.9 Å². The Labute approximate surface area is 182 Å². The minimum atomic E-state index is -1.30. The first kappa shape index (κ1) is 21.0. The van der Waals surface area contributed by atoms with E-state index in [1.807, 2.05) is 0 Å². The molecule has 2 aromatic carbocycles. The maximum atomic E-state index is 12.2. The molecule has 0 radical (unpaired) electrons. The summed E-state index contributed by atoms with van der Waals surface area (Å²) < 4.78 is 2.14. The van der Waals surface area contributed by atoms with Gasteiger partial charge in [-0.1, -0.05) is 57.1 Å². The number of halogens is 2. The molecular weight excluding hydrogens is 482 g/mol. The van der Waals surface area contributed by atoms with E-state index >= 15 is 0 Å². The lowest BCUT2D eigenvalue weighted by atomic mass is 10.1. The average molecular weight is 494 g/mol. The van der Waals surface area contributed by atoms with Crippen LogP contribution in [0.3, 0.4) is 0 Å². The number of benzene rings is 2. The SMILES string of the molecule is O=C([O-])c1cccc(Cn2c(Cl)c(/C=N\NC(=O)c3ccc(Br)cc3)sc2=O)c1. The average Bonchev–Trinajstić information content (AvgIpc) is 2.96. The molecule has 148 valence electrons. The maximum Gasteiger partial charge on any atom is 0.309 e. The van der Waals surface area contributed by atoms with E-state index in [4.69, 9.17) is 11.6 Å². The minimum absolute atomic E-state index is 0.0133. The van der Waals surface area contributed by atoms with E-state index < -0.39 is 11.9 Å². The Bertz CT molecular complexity index is 1160. The van der Waals surface area contributed by atoms with Crippen molar-refractivity contribution in [3.63, 3.8) is 0 Å². The first-order valence-electron chi connectivity index (χ1n) is 8.13. The maximum absolute atomic E-state index is 12.2. The molecule has 1 N–H and O–H groups in total. The molecular formula is C19H12BrClN3O4S-. The van der Waals surface area contributed by atoms with Gasteiger partial charge in [0.1, 0.15) is 5.15 Å². The molecule has 0 saturated heterocycles. The molecule has 0 saturated carbocycles. The van der Waals surface area contributed by atoms with Crippen LogP contribution in [0.2, 0.25) is 5.15 Å². The van der Waals surface area contributed by atoms with Gasteiger partial charge < -0.3 is 9.90 Å². The quantitative estimate of drug-likeness (QED) is 0.421. The number of carbonyl (C=O) groups excluding carboxylic acids is 2. The van der Waals surface area contributed by atoms with Crippen LogP contribution in [0.4, 0.5) is 0 Å². The molecule has 0 atom stereocenters. The Morgan fingerprint density at radius 2 is 1.93 bits per heavy atom. The summed E-state index contributed by atoms with van der Waals surface area (Å²) in [6, 6.07) is 12.8.